The van der Waals surface area contributed by atoms with Crippen LogP contribution in [0.2, 0.25) is 0 Å². The predicted molar refractivity (Wildman–Crippen MR) is 111 cm³/mol. The van der Waals surface area contributed by atoms with Gasteiger partial charge in [0.1, 0.15) is 34.1 Å². The molecule has 7 nitrogen and oxygen atoms in total. The Kier molecular flexibility index (Phi) is 7.09. The summed E-state index contributed by atoms with van der Waals surface area (Å²) in [6, 6.07) is 7.99. The summed E-state index contributed by atoms with van der Waals surface area (Å²) in [7, 11) is 1.46. The quantitative estimate of drug-likeness (QED) is 0.556. The van der Waals surface area contributed by atoms with E-state index in [1.54, 1.807) is 30.3 Å². The zero-order valence-electron chi connectivity index (χ0n) is 17.4. The summed E-state index contributed by atoms with van der Waals surface area (Å²) < 4.78 is 35.0. The Bertz CT molecular complexity index is 934. The topological polar surface area (TPSA) is 88.1 Å². The summed E-state index contributed by atoms with van der Waals surface area (Å²) in [5, 5.41) is 0. The maximum absolute atomic E-state index is 13.8. The average Bonchev–Trinajstić information content (AvgIpc) is 2.75. The lowest BCUT2D eigenvalue weighted by molar-refractivity contribution is 0.103. The van der Waals surface area contributed by atoms with Gasteiger partial charge in [-0.25, -0.2) is 0 Å². The van der Waals surface area contributed by atoms with Gasteiger partial charge < -0.3 is 23.5 Å². The molecule has 0 N–H and O–H groups in total. The molecule has 2 rings (SSSR count). The fourth-order valence-corrected chi connectivity index (χ4v) is 4.98. The first-order valence-corrected chi connectivity index (χ1v) is 10.8. The van der Waals surface area contributed by atoms with Gasteiger partial charge in [0.15, 0.2) is 0 Å². The Balaban J connectivity index is 2.72. The van der Waals surface area contributed by atoms with Crippen molar-refractivity contribution in [2.45, 2.75) is 13.8 Å². The Morgan fingerprint density at radius 2 is 1.17 bits per heavy atom. The molecule has 0 fully saturated rings. The Labute approximate surface area is 170 Å². The number of hydrogen-bond acceptors (Lipinski definition) is 7. The first kappa shape index (κ1) is 22.5. The second kappa shape index (κ2) is 9.14. The highest BCUT2D eigenvalue weighted by atomic mass is 31.2. The van der Waals surface area contributed by atoms with E-state index in [0.717, 1.165) is 5.56 Å². The second-order valence-corrected chi connectivity index (χ2v) is 9.17. The van der Waals surface area contributed by atoms with Crippen LogP contribution in [0.4, 0.5) is 0 Å². The van der Waals surface area contributed by atoms with Crippen molar-refractivity contribution in [1.29, 1.82) is 0 Å². The monoisotopic (exact) mass is 420 g/mol. The van der Waals surface area contributed by atoms with E-state index < -0.39 is 18.2 Å². The highest BCUT2D eigenvalue weighted by molar-refractivity contribution is 7.95. The van der Waals surface area contributed by atoms with Crippen molar-refractivity contribution in [3.8, 4) is 23.0 Å². The van der Waals surface area contributed by atoms with Crippen LogP contribution in [0.3, 0.4) is 0 Å². The van der Waals surface area contributed by atoms with Crippen molar-refractivity contribution in [3.05, 3.63) is 47.0 Å². The van der Waals surface area contributed by atoms with Gasteiger partial charge in [0.25, 0.3) is 0 Å². The Hall–Kier alpha value is -2.79. The van der Waals surface area contributed by atoms with Crippen molar-refractivity contribution in [1.82, 2.24) is 0 Å². The van der Waals surface area contributed by atoms with Crippen LogP contribution in [0.1, 0.15) is 33.2 Å². The minimum absolute atomic E-state index is 0.0204. The van der Waals surface area contributed by atoms with Crippen LogP contribution in [0.5, 0.6) is 23.0 Å². The first-order valence-electron chi connectivity index (χ1n) is 8.91. The molecule has 29 heavy (non-hydrogen) atoms. The summed E-state index contributed by atoms with van der Waals surface area (Å²) >= 11 is 0. The molecular weight excluding hydrogens is 395 g/mol. The van der Waals surface area contributed by atoms with E-state index in [1.807, 2.05) is 6.92 Å². The normalized spacial score (nSPS) is 12.6. The highest BCUT2D eigenvalue weighted by Crippen LogP contribution is 2.56. The smallest absolute Gasteiger partial charge is 0.236 e. The molecule has 0 spiro atoms. The van der Waals surface area contributed by atoms with Crippen LogP contribution < -0.4 is 18.9 Å². The third-order valence-electron chi connectivity index (χ3n) is 4.61. The zero-order chi connectivity index (χ0) is 21.8. The van der Waals surface area contributed by atoms with Crippen molar-refractivity contribution < 1.29 is 33.1 Å². The largest absolute Gasteiger partial charge is 0.496 e. The molecule has 0 aliphatic carbocycles. The van der Waals surface area contributed by atoms with Crippen molar-refractivity contribution >= 4 is 18.2 Å². The summed E-state index contributed by atoms with van der Waals surface area (Å²) in [6.45, 7) is 3.34. The van der Waals surface area contributed by atoms with E-state index in [4.69, 9.17) is 18.9 Å². The first-order chi connectivity index (χ1) is 13.8. The molecular formula is C21H25O7P. The maximum Gasteiger partial charge on any atom is 0.236 e. The van der Waals surface area contributed by atoms with Gasteiger partial charge in [0.05, 0.1) is 28.4 Å². The van der Waals surface area contributed by atoms with Crippen LogP contribution in [0.25, 0.3) is 0 Å². The van der Waals surface area contributed by atoms with Gasteiger partial charge in [-0.1, -0.05) is 13.0 Å². The van der Waals surface area contributed by atoms with Gasteiger partial charge in [-0.05, 0) is 36.8 Å². The molecule has 0 amide bonds. The molecule has 0 bridgehead atoms. The van der Waals surface area contributed by atoms with Crippen LogP contribution in [-0.4, -0.2) is 45.6 Å². The summed E-state index contributed by atoms with van der Waals surface area (Å²) in [5.74, 6) is 0.748. The third-order valence-corrected chi connectivity index (χ3v) is 7.26. The van der Waals surface area contributed by atoms with Crippen LogP contribution in [0, 0.1) is 6.92 Å². The Morgan fingerprint density at radius 1 is 0.793 bits per heavy atom. The molecule has 0 saturated heterocycles. The average molecular weight is 420 g/mol. The highest BCUT2D eigenvalue weighted by Gasteiger charge is 2.44. The molecule has 1 atom stereocenters. The predicted octanol–water partition coefficient (Wildman–Crippen LogP) is 4.39. The molecule has 0 aliphatic heterocycles. The minimum atomic E-state index is -4.10. The molecule has 0 heterocycles. The molecule has 8 heteroatoms. The molecule has 0 radical (unpaired) electrons. The van der Waals surface area contributed by atoms with E-state index in [1.165, 1.54) is 35.4 Å². The molecule has 0 aliphatic rings. The summed E-state index contributed by atoms with van der Waals surface area (Å²) in [6.07, 6.45) is -0.175. The molecule has 0 aromatic heterocycles. The zero-order valence-corrected chi connectivity index (χ0v) is 18.3. The SMILES string of the molecule is CCP(=O)(C(=O)c1c(OC)cccc1OC)C(=O)c1c(OC)cc(C)cc1OC. The number of carbonyl (C=O) groups excluding carboxylic acids is 2. The fraction of sp³-hybridized carbons (Fsp3) is 0.333. The molecule has 1 unspecified atom stereocenters. The van der Waals surface area contributed by atoms with E-state index in [-0.39, 0.29) is 40.3 Å². The number of carbonyl (C=O) groups is 2. The van der Waals surface area contributed by atoms with Crippen LogP contribution >= 0.6 is 7.14 Å². The molecule has 2 aromatic carbocycles. The van der Waals surface area contributed by atoms with Gasteiger partial charge in [0.2, 0.25) is 18.2 Å². The summed E-state index contributed by atoms with van der Waals surface area (Å²) in [5.41, 5.74) is -0.913. The lowest BCUT2D eigenvalue weighted by Gasteiger charge is -2.20. The van der Waals surface area contributed by atoms with Gasteiger partial charge in [-0.3, -0.25) is 9.59 Å². The molecule has 156 valence electrons. The van der Waals surface area contributed by atoms with Crippen molar-refractivity contribution in [3.63, 3.8) is 0 Å². The Morgan fingerprint density at radius 3 is 1.52 bits per heavy atom. The lowest BCUT2D eigenvalue weighted by atomic mass is 10.1. The van der Waals surface area contributed by atoms with Gasteiger partial charge in [-0.15, -0.1) is 0 Å². The minimum Gasteiger partial charge on any atom is -0.496 e. The van der Waals surface area contributed by atoms with Crippen molar-refractivity contribution in [2.24, 2.45) is 0 Å². The second-order valence-electron chi connectivity index (χ2n) is 6.25. The van der Waals surface area contributed by atoms with E-state index in [0.29, 0.717) is 0 Å². The van der Waals surface area contributed by atoms with Crippen LogP contribution in [-0.2, 0) is 4.57 Å². The number of aryl methyl sites for hydroxylation is 1. The lowest BCUT2D eigenvalue weighted by Crippen LogP contribution is -2.16. The van der Waals surface area contributed by atoms with E-state index >= 15 is 0 Å². The van der Waals surface area contributed by atoms with Crippen molar-refractivity contribution in [2.75, 3.05) is 34.6 Å². The number of ether oxygens (including phenoxy) is 4. The maximum atomic E-state index is 13.8. The number of rotatable bonds is 9. The van der Waals surface area contributed by atoms with E-state index in [2.05, 4.69) is 0 Å². The molecule has 0 saturated carbocycles. The number of methoxy groups -OCH3 is 4. The summed E-state index contributed by atoms with van der Waals surface area (Å²) in [4.78, 5) is 26.9. The molecule has 2 aromatic rings. The van der Waals surface area contributed by atoms with Gasteiger partial charge in [0, 0.05) is 6.16 Å². The number of benzene rings is 2. The van der Waals surface area contributed by atoms with Crippen LogP contribution in [0.15, 0.2) is 30.3 Å². The third kappa shape index (κ3) is 4.01. The number of hydrogen-bond donors (Lipinski definition) is 0. The fourth-order valence-electron chi connectivity index (χ4n) is 3.06. The van der Waals surface area contributed by atoms with Gasteiger partial charge in [-0.2, -0.15) is 0 Å². The van der Waals surface area contributed by atoms with E-state index in [9.17, 15) is 14.2 Å². The van der Waals surface area contributed by atoms with Gasteiger partial charge >= 0.3 is 0 Å². The standard InChI is InChI=1S/C21H25O7P/c1-7-29(24,20(22)18-14(25-3)9-8-10-15(18)26-4)21(23)19-16(27-5)11-13(2)12-17(19)28-6/h8-12H,7H2,1-6H3.